The van der Waals surface area contributed by atoms with Gasteiger partial charge in [0.1, 0.15) is 11.8 Å². The highest BCUT2D eigenvalue weighted by Gasteiger charge is 2.19. The Morgan fingerprint density at radius 3 is 2.50 bits per heavy atom. The molecule has 3 aromatic rings. The highest BCUT2D eigenvalue weighted by atomic mass is 19.3. The lowest BCUT2D eigenvalue weighted by molar-refractivity contribution is -0.0788. The molecule has 0 aliphatic carbocycles. The number of phenols is 1. The molecule has 6 nitrogen and oxygen atoms in total. The molecule has 0 aliphatic heterocycles. The van der Waals surface area contributed by atoms with Gasteiger partial charge in [0, 0.05) is 15.8 Å². The highest BCUT2D eigenvalue weighted by molar-refractivity contribution is 5.88. The molecule has 0 aliphatic rings. The first kappa shape index (κ1) is 19.1. The van der Waals surface area contributed by atoms with Crippen LogP contribution in [0.3, 0.4) is 0 Å². The van der Waals surface area contributed by atoms with E-state index < -0.39 is 5.97 Å². The van der Waals surface area contributed by atoms with Gasteiger partial charge in [0.25, 0.3) is 0 Å². The molecule has 142 valence electrons. The van der Waals surface area contributed by atoms with E-state index >= 15 is 0 Å². The normalized spacial score (nSPS) is 11.7. The van der Waals surface area contributed by atoms with Crippen LogP contribution in [0.15, 0.2) is 42.5 Å². The number of carbonyl (C=O) groups is 1. The molecule has 2 aromatic carbocycles. The van der Waals surface area contributed by atoms with Gasteiger partial charge in [-0.05, 0) is 56.2 Å². The molecule has 3 rings (SSSR count). The zero-order valence-corrected chi connectivity index (χ0v) is 15.6. The first-order valence-corrected chi connectivity index (χ1v) is 8.59. The Morgan fingerprint density at radius 2 is 1.93 bits per heavy atom. The summed E-state index contributed by atoms with van der Waals surface area (Å²) in [4.78, 5) is 14.5. The van der Waals surface area contributed by atoms with Crippen molar-refractivity contribution in [3.63, 3.8) is 0 Å². The van der Waals surface area contributed by atoms with Gasteiger partial charge in [-0.3, -0.25) is 4.68 Å². The molecule has 7 heteroatoms. The molecule has 1 aromatic heterocycles. The smallest absolute Gasteiger partial charge is 0.379 e. The summed E-state index contributed by atoms with van der Waals surface area (Å²) in [5, 5.41) is 23.6. The number of nitriles is 1. The molecule has 0 radical (unpaired) electrons. The summed E-state index contributed by atoms with van der Waals surface area (Å²) in [5.41, 5.74) is 4.55. The number of hydrogen-bond acceptors (Lipinski definition) is 5. The number of phenolic OH excluding ortho intramolecular Hbond substituents is 1. The van der Waals surface area contributed by atoms with Crippen LogP contribution in [0.5, 0.6) is 5.75 Å². The molecule has 1 unspecified atom stereocenters. The second kappa shape index (κ2) is 7.53. The van der Waals surface area contributed by atoms with Crippen LogP contribution in [0, 0.1) is 25.2 Å². The lowest BCUT2D eigenvalue weighted by Crippen LogP contribution is -2.11. The summed E-state index contributed by atoms with van der Waals surface area (Å²) >= 11 is 0. The largest absolute Gasteiger partial charge is 0.507 e. The number of hydrogen-bond donors (Lipinski definition) is 1. The van der Waals surface area contributed by atoms with Crippen molar-refractivity contribution in [3.8, 4) is 22.9 Å². The minimum atomic E-state index is -1.03. The van der Waals surface area contributed by atoms with Crippen molar-refractivity contribution in [2.45, 2.75) is 26.8 Å². The van der Waals surface area contributed by atoms with Crippen molar-refractivity contribution < 1.29 is 19.4 Å². The molecule has 0 saturated carbocycles. The third-order valence-electron chi connectivity index (χ3n) is 4.80. The van der Waals surface area contributed by atoms with Crippen LogP contribution >= 0.6 is 0 Å². The molecular formula is C21H18FN3O3. The van der Waals surface area contributed by atoms with Gasteiger partial charge in [-0.1, -0.05) is 18.2 Å². The fourth-order valence-electron chi connectivity index (χ4n) is 3.32. The van der Waals surface area contributed by atoms with Crippen molar-refractivity contribution in [1.29, 1.82) is 5.26 Å². The third kappa shape index (κ3) is 3.32. The number of aromatic hydroxyl groups is 1. The average Bonchev–Trinajstić information content (AvgIpc) is 3.00. The van der Waals surface area contributed by atoms with E-state index in [9.17, 15) is 14.4 Å². The number of carbonyl (C=O) groups excluding carboxylic acids is 1. The molecule has 1 atom stereocenters. The summed E-state index contributed by atoms with van der Waals surface area (Å²) in [6, 6.07) is 13.2. The molecule has 0 bridgehead atoms. The van der Waals surface area contributed by atoms with E-state index in [1.807, 2.05) is 31.5 Å². The quantitative estimate of drug-likeness (QED) is 0.726. The topological polar surface area (TPSA) is 88.1 Å². The van der Waals surface area contributed by atoms with Crippen LogP contribution in [-0.4, -0.2) is 20.9 Å². The van der Waals surface area contributed by atoms with Crippen LogP contribution in [0.2, 0.25) is 0 Å². The maximum atomic E-state index is 12.0. The van der Waals surface area contributed by atoms with E-state index in [-0.39, 0.29) is 22.9 Å². The molecule has 1 N–H and O–H groups in total. The molecule has 28 heavy (non-hydrogen) atoms. The predicted molar refractivity (Wildman–Crippen MR) is 100 cm³/mol. The van der Waals surface area contributed by atoms with Gasteiger partial charge < -0.3 is 5.11 Å². The summed E-state index contributed by atoms with van der Waals surface area (Å²) < 4.78 is 13.9. The number of nitrogens with zero attached hydrogens (tertiary/aromatic N) is 3. The van der Waals surface area contributed by atoms with Gasteiger partial charge in [0.05, 0.1) is 22.9 Å². The number of aryl methyl sites for hydroxylation is 1. The number of aromatic nitrogens is 2. The van der Waals surface area contributed by atoms with Gasteiger partial charge in [0.2, 0.25) is 0 Å². The Kier molecular flexibility index (Phi) is 5.14. The van der Waals surface area contributed by atoms with Crippen molar-refractivity contribution in [1.82, 2.24) is 9.78 Å². The van der Waals surface area contributed by atoms with Gasteiger partial charge in [0.15, 0.2) is 0 Å². The Balaban J connectivity index is 1.98. The molecule has 0 amide bonds. The Morgan fingerprint density at radius 1 is 1.25 bits per heavy atom. The van der Waals surface area contributed by atoms with E-state index in [1.165, 1.54) is 12.1 Å². The van der Waals surface area contributed by atoms with E-state index in [4.69, 9.17) is 5.26 Å². The maximum absolute atomic E-state index is 12.0. The van der Waals surface area contributed by atoms with Gasteiger partial charge in [-0.2, -0.15) is 10.4 Å². The van der Waals surface area contributed by atoms with Crippen molar-refractivity contribution in [2.24, 2.45) is 0 Å². The number of benzene rings is 2. The predicted octanol–water partition coefficient (Wildman–Crippen LogP) is 4.39. The van der Waals surface area contributed by atoms with E-state index in [1.54, 1.807) is 30.3 Å². The second-order valence-corrected chi connectivity index (χ2v) is 6.50. The minimum absolute atomic E-state index is 0.0741. The van der Waals surface area contributed by atoms with Crippen molar-refractivity contribution >= 4 is 5.97 Å². The summed E-state index contributed by atoms with van der Waals surface area (Å²) in [5.74, 6) is -1.11. The van der Waals surface area contributed by atoms with Crippen LogP contribution < -0.4 is 0 Å². The lowest BCUT2D eigenvalue weighted by atomic mass is 10.0. The van der Waals surface area contributed by atoms with Crippen LogP contribution in [-0.2, 0) is 4.94 Å². The fraction of sp³-hybridized carbons (Fsp3) is 0.190. The zero-order chi connectivity index (χ0) is 20.4. The van der Waals surface area contributed by atoms with Crippen molar-refractivity contribution in [2.75, 3.05) is 0 Å². The van der Waals surface area contributed by atoms with Crippen LogP contribution in [0.4, 0.5) is 4.53 Å². The number of rotatable bonds is 4. The van der Waals surface area contributed by atoms with Gasteiger partial charge in [-0.25, -0.2) is 9.74 Å². The van der Waals surface area contributed by atoms with Gasteiger partial charge >= 0.3 is 5.97 Å². The minimum Gasteiger partial charge on any atom is -0.507 e. The summed E-state index contributed by atoms with van der Waals surface area (Å²) in [6.07, 6.45) is 0. The Labute approximate surface area is 161 Å². The summed E-state index contributed by atoms with van der Waals surface area (Å²) in [6.45, 7) is 5.76. The lowest BCUT2D eigenvalue weighted by Gasteiger charge is -2.15. The first-order chi connectivity index (χ1) is 13.4. The molecule has 0 fully saturated rings. The third-order valence-corrected chi connectivity index (χ3v) is 4.80. The average molecular weight is 379 g/mol. The standard InChI is InChI=1S/C21H18FN3O3/c1-12-20(17-8-9-18(11-23)19(26)10-17)14(3)25(24-12)13(2)15-4-6-16(7-5-15)21(27)28-22/h4-10,13,26H,1-3H3. The van der Waals surface area contributed by atoms with Crippen LogP contribution in [0.1, 0.15) is 45.8 Å². The molecule has 1 heterocycles. The highest BCUT2D eigenvalue weighted by Crippen LogP contribution is 2.33. The maximum Gasteiger partial charge on any atom is 0.379 e. The Bertz CT molecular complexity index is 1080. The zero-order valence-electron chi connectivity index (χ0n) is 15.6. The molecular weight excluding hydrogens is 361 g/mol. The van der Waals surface area contributed by atoms with Gasteiger partial charge in [-0.15, -0.1) is 0 Å². The van der Waals surface area contributed by atoms with Crippen LogP contribution in [0.25, 0.3) is 11.1 Å². The Hall–Kier alpha value is -3.66. The van der Waals surface area contributed by atoms with E-state index in [0.29, 0.717) is 0 Å². The fourth-order valence-corrected chi connectivity index (χ4v) is 3.32. The number of halogens is 1. The SMILES string of the molecule is Cc1nn(C(C)c2ccc(C(=O)OF)cc2)c(C)c1-c1ccc(C#N)c(O)c1. The van der Waals surface area contributed by atoms with Crippen molar-refractivity contribution in [3.05, 3.63) is 70.5 Å². The first-order valence-electron chi connectivity index (χ1n) is 8.59. The van der Waals surface area contributed by atoms with E-state index in [0.717, 1.165) is 28.1 Å². The van der Waals surface area contributed by atoms with E-state index in [2.05, 4.69) is 10.0 Å². The molecule has 0 saturated heterocycles. The summed E-state index contributed by atoms with van der Waals surface area (Å²) in [7, 11) is 0. The monoisotopic (exact) mass is 379 g/mol. The molecule has 0 spiro atoms. The second-order valence-electron chi connectivity index (χ2n) is 6.50.